The Morgan fingerprint density at radius 2 is 2.07 bits per heavy atom. The Hall–Kier alpha value is -2.29. The van der Waals surface area contributed by atoms with E-state index in [1.165, 1.54) is 0 Å². The van der Waals surface area contributed by atoms with Gasteiger partial charge in [0, 0.05) is 44.2 Å². The molecule has 0 bridgehead atoms. The number of nitrogens with two attached hydrogens (primary N) is 1. The number of carbonyl (C=O) groups excluding carboxylic acids is 3. The van der Waals surface area contributed by atoms with E-state index in [4.69, 9.17) is 5.73 Å². The zero-order chi connectivity index (χ0) is 19.1. The molecular formula is C19H24N4O4. The summed E-state index contributed by atoms with van der Waals surface area (Å²) in [7, 11) is 0. The number of piperidine rings is 1. The Morgan fingerprint density at radius 3 is 2.81 bits per heavy atom. The number of imide groups is 1. The predicted octanol–water partition coefficient (Wildman–Crippen LogP) is -0.658. The van der Waals surface area contributed by atoms with E-state index in [0.29, 0.717) is 44.6 Å². The fraction of sp³-hybridized carbons (Fsp3) is 0.526. The van der Waals surface area contributed by atoms with Gasteiger partial charge in [-0.05, 0) is 30.0 Å². The van der Waals surface area contributed by atoms with E-state index in [-0.39, 0.29) is 30.4 Å². The number of rotatable bonds is 4. The Morgan fingerprint density at radius 1 is 1.26 bits per heavy atom. The lowest BCUT2D eigenvalue weighted by Crippen LogP contribution is -2.52. The number of nitrogens with zero attached hydrogens (tertiary/aromatic N) is 2. The van der Waals surface area contributed by atoms with Crippen molar-refractivity contribution in [2.45, 2.75) is 50.5 Å². The molecule has 0 aromatic heterocycles. The number of benzene rings is 1. The summed E-state index contributed by atoms with van der Waals surface area (Å²) in [5.41, 5.74) is 8.29. The lowest BCUT2D eigenvalue weighted by atomic mass is 10.0. The average molecular weight is 372 g/mol. The third-order valence-corrected chi connectivity index (χ3v) is 5.76. The maximum atomic E-state index is 12.9. The lowest BCUT2D eigenvalue weighted by Gasteiger charge is -2.29. The molecule has 2 saturated heterocycles. The van der Waals surface area contributed by atoms with Crippen LogP contribution >= 0.6 is 0 Å². The summed E-state index contributed by atoms with van der Waals surface area (Å²) in [6.45, 7) is 2.08. The first-order chi connectivity index (χ1) is 13.0. The molecule has 3 aliphatic rings. The van der Waals surface area contributed by atoms with Gasteiger partial charge in [0.2, 0.25) is 11.8 Å². The van der Waals surface area contributed by atoms with Crippen molar-refractivity contribution >= 4 is 17.7 Å². The molecule has 1 unspecified atom stereocenters. The van der Waals surface area contributed by atoms with Crippen LogP contribution in [0.5, 0.6) is 0 Å². The molecular weight excluding hydrogens is 348 g/mol. The van der Waals surface area contributed by atoms with E-state index in [2.05, 4.69) is 10.2 Å². The quantitative estimate of drug-likeness (QED) is 0.605. The molecule has 144 valence electrons. The van der Waals surface area contributed by atoms with E-state index in [1.807, 2.05) is 18.2 Å². The SMILES string of the molecule is NC[C@@H]1C[C@H](O)CN1Cc1ccc2c(c1)C(=O)N(C1CCC(=O)NC1=O)C2. The summed E-state index contributed by atoms with van der Waals surface area (Å²) in [5, 5.41) is 12.2. The number of aliphatic hydroxyl groups excluding tert-OH is 1. The summed E-state index contributed by atoms with van der Waals surface area (Å²) >= 11 is 0. The molecule has 8 nitrogen and oxygen atoms in total. The van der Waals surface area contributed by atoms with E-state index in [9.17, 15) is 19.5 Å². The Kier molecular flexibility index (Phi) is 4.71. The zero-order valence-electron chi connectivity index (χ0n) is 15.1. The van der Waals surface area contributed by atoms with Crippen LogP contribution in [-0.4, -0.2) is 63.9 Å². The first-order valence-electron chi connectivity index (χ1n) is 9.35. The van der Waals surface area contributed by atoms with Crippen LogP contribution in [-0.2, 0) is 22.7 Å². The van der Waals surface area contributed by atoms with Gasteiger partial charge in [-0.15, -0.1) is 0 Å². The number of aliphatic hydroxyl groups is 1. The van der Waals surface area contributed by atoms with Gasteiger partial charge >= 0.3 is 0 Å². The van der Waals surface area contributed by atoms with Crippen LogP contribution in [0.1, 0.15) is 40.7 Å². The van der Waals surface area contributed by atoms with Crippen molar-refractivity contribution in [3.63, 3.8) is 0 Å². The second-order valence-corrected chi connectivity index (χ2v) is 7.60. The molecule has 3 amide bonds. The number of amides is 3. The highest BCUT2D eigenvalue weighted by atomic mass is 16.3. The standard InChI is InChI=1S/C19H24N4O4/c20-7-13-6-14(24)10-22(13)8-11-1-2-12-9-23(19(27)15(12)5-11)16-3-4-17(25)21-18(16)26/h1-2,5,13-14,16,24H,3-4,6-10,20H2,(H,21,25,26)/t13-,14-,16?/m0/s1. The van der Waals surface area contributed by atoms with Gasteiger partial charge in [0.1, 0.15) is 6.04 Å². The van der Waals surface area contributed by atoms with Gasteiger partial charge in [-0.1, -0.05) is 12.1 Å². The normalized spacial score (nSPS) is 28.6. The molecule has 3 heterocycles. The molecule has 1 aromatic carbocycles. The second kappa shape index (κ2) is 7.03. The van der Waals surface area contributed by atoms with Gasteiger partial charge in [-0.25, -0.2) is 0 Å². The molecule has 0 spiro atoms. The van der Waals surface area contributed by atoms with Crippen LogP contribution in [0.25, 0.3) is 0 Å². The maximum absolute atomic E-state index is 12.9. The maximum Gasteiger partial charge on any atom is 0.255 e. The van der Waals surface area contributed by atoms with Crippen molar-refractivity contribution in [1.29, 1.82) is 0 Å². The highest BCUT2D eigenvalue weighted by Gasteiger charge is 2.39. The van der Waals surface area contributed by atoms with Crippen LogP contribution in [0, 0.1) is 0 Å². The number of β-amino-alcohol motifs (C(OH)–C–C–N with tert-alkyl or cyclic N) is 1. The topological polar surface area (TPSA) is 116 Å². The van der Waals surface area contributed by atoms with Crippen LogP contribution in [0.15, 0.2) is 18.2 Å². The zero-order valence-corrected chi connectivity index (χ0v) is 15.1. The largest absolute Gasteiger partial charge is 0.392 e. The van der Waals surface area contributed by atoms with Gasteiger partial charge < -0.3 is 15.7 Å². The molecule has 3 atom stereocenters. The van der Waals surface area contributed by atoms with Gasteiger partial charge in [0.05, 0.1) is 6.10 Å². The number of nitrogens with one attached hydrogen (secondary N) is 1. The van der Waals surface area contributed by atoms with Gasteiger partial charge in [-0.2, -0.15) is 0 Å². The van der Waals surface area contributed by atoms with E-state index < -0.39 is 11.9 Å². The fourth-order valence-corrected chi connectivity index (χ4v) is 4.33. The van der Waals surface area contributed by atoms with Crippen LogP contribution in [0.4, 0.5) is 0 Å². The van der Waals surface area contributed by atoms with Gasteiger partial charge in [-0.3, -0.25) is 24.6 Å². The smallest absolute Gasteiger partial charge is 0.255 e. The molecule has 3 aliphatic heterocycles. The second-order valence-electron chi connectivity index (χ2n) is 7.60. The molecule has 2 fully saturated rings. The highest BCUT2D eigenvalue weighted by molar-refractivity contribution is 6.05. The van der Waals surface area contributed by atoms with Crippen LogP contribution < -0.4 is 11.1 Å². The first-order valence-corrected chi connectivity index (χ1v) is 9.35. The third-order valence-electron chi connectivity index (χ3n) is 5.76. The Balaban J connectivity index is 1.50. The monoisotopic (exact) mass is 372 g/mol. The number of carbonyl (C=O) groups is 3. The molecule has 4 rings (SSSR count). The van der Waals surface area contributed by atoms with Crippen molar-refractivity contribution in [2.24, 2.45) is 5.73 Å². The number of hydrogen-bond donors (Lipinski definition) is 3. The predicted molar refractivity (Wildman–Crippen MR) is 96.4 cm³/mol. The van der Waals surface area contributed by atoms with Crippen molar-refractivity contribution in [1.82, 2.24) is 15.1 Å². The summed E-state index contributed by atoms with van der Waals surface area (Å²) in [6.07, 6.45) is 0.919. The van der Waals surface area contributed by atoms with E-state index in [1.54, 1.807) is 4.90 Å². The minimum Gasteiger partial charge on any atom is -0.392 e. The van der Waals surface area contributed by atoms with E-state index in [0.717, 1.165) is 11.1 Å². The van der Waals surface area contributed by atoms with Crippen molar-refractivity contribution in [3.8, 4) is 0 Å². The highest BCUT2D eigenvalue weighted by Crippen LogP contribution is 2.29. The van der Waals surface area contributed by atoms with E-state index >= 15 is 0 Å². The number of hydrogen-bond acceptors (Lipinski definition) is 6. The van der Waals surface area contributed by atoms with Crippen molar-refractivity contribution in [2.75, 3.05) is 13.1 Å². The summed E-state index contributed by atoms with van der Waals surface area (Å²) < 4.78 is 0. The van der Waals surface area contributed by atoms with Gasteiger partial charge in [0.25, 0.3) is 5.91 Å². The average Bonchev–Trinajstić information content (AvgIpc) is 3.15. The van der Waals surface area contributed by atoms with Gasteiger partial charge in [0.15, 0.2) is 0 Å². The van der Waals surface area contributed by atoms with Crippen LogP contribution in [0.3, 0.4) is 0 Å². The van der Waals surface area contributed by atoms with Crippen molar-refractivity contribution in [3.05, 3.63) is 34.9 Å². The Labute approximate surface area is 157 Å². The summed E-state index contributed by atoms with van der Waals surface area (Å²) in [6, 6.07) is 5.34. The first kappa shape index (κ1) is 18.1. The van der Waals surface area contributed by atoms with Crippen molar-refractivity contribution < 1.29 is 19.5 Å². The summed E-state index contributed by atoms with van der Waals surface area (Å²) in [4.78, 5) is 40.0. The number of likely N-dealkylation sites (tertiary alicyclic amines) is 1. The molecule has 0 saturated carbocycles. The minimum atomic E-state index is -0.596. The molecule has 0 radical (unpaired) electrons. The molecule has 0 aliphatic carbocycles. The number of fused-ring (bicyclic) bond motifs is 1. The molecule has 27 heavy (non-hydrogen) atoms. The third kappa shape index (κ3) is 3.36. The fourth-order valence-electron chi connectivity index (χ4n) is 4.33. The minimum absolute atomic E-state index is 0.143. The summed E-state index contributed by atoms with van der Waals surface area (Å²) in [5.74, 6) is -0.854. The van der Waals surface area contributed by atoms with Crippen LogP contribution in [0.2, 0.25) is 0 Å². The molecule has 4 N–H and O–H groups in total. The Bertz CT molecular complexity index is 796. The lowest BCUT2D eigenvalue weighted by molar-refractivity contribution is -0.136. The molecule has 8 heteroatoms. The molecule has 1 aromatic rings.